The van der Waals surface area contributed by atoms with Crippen LogP contribution in [-0.2, 0) is 0 Å². The van der Waals surface area contributed by atoms with Gasteiger partial charge in [-0.05, 0) is 24.3 Å². The summed E-state index contributed by atoms with van der Waals surface area (Å²) >= 11 is 6.11. The van der Waals surface area contributed by atoms with Gasteiger partial charge in [-0.15, -0.1) is 0 Å². The zero-order valence-corrected chi connectivity index (χ0v) is 8.36. The van der Waals surface area contributed by atoms with E-state index >= 15 is 0 Å². The molecule has 0 aliphatic rings. The fourth-order valence-corrected chi connectivity index (χ4v) is 1.75. The Balaban J connectivity index is 2.30. The van der Waals surface area contributed by atoms with Crippen LogP contribution in [0.4, 0.5) is 0 Å². The third-order valence-corrected chi connectivity index (χ3v) is 2.52. The van der Waals surface area contributed by atoms with Crippen molar-refractivity contribution in [1.29, 1.82) is 0 Å². The Hall–Kier alpha value is -1.74. The summed E-state index contributed by atoms with van der Waals surface area (Å²) in [5.74, 6) is 0.721. The summed E-state index contributed by atoms with van der Waals surface area (Å²) in [4.78, 5) is 4.02. The van der Waals surface area contributed by atoms with Gasteiger partial charge in [0.1, 0.15) is 11.3 Å². The summed E-state index contributed by atoms with van der Waals surface area (Å²) < 4.78 is 10.5. The predicted molar refractivity (Wildman–Crippen MR) is 56.7 cm³/mol. The minimum absolute atomic E-state index is 0.603. The molecule has 0 radical (unpaired) electrons. The Bertz CT molecular complexity index is 598. The minimum atomic E-state index is 0.603. The molecule has 0 atom stereocenters. The maximum absolute atomic E-state index is 6.11. The molecule has 0 N–H and O–H groups in total. The Morgan fingerprint density at radius 3 is 2.93 bits per heavy atom. The van der Waals surface area contributed by atoms with Crippen molar-refractivity contribution in [3.63, 3.8) is 0 Å². The molecular formula is C11H6ClNO2. The molecule has 2 heterocycles. The van der Waals surface area contributed by atoms with Crippen molar-refractivity contribution in [2.24, 2.45) is 0 Å². The van der Waals surface area contributed by atoms with Crippen molar-refractivity contribution >= 4 is 22.7 Å². The maximum atomic E-state index is 6.11. The molecule has 1 aromatic carbocycles. The van der Waals surface area contributed by atoms with Crippen molar-refractivity contribution in [2.75, 3.05) is 0 Å². The maximum Gasteiger partial charge on any atom is 0.181 e. The van der Waals surface area contributed by atoms with Crippen LogP contribution in [0.5, 0.6) is 0 Å². The molecule has 0 amide bonds. The van der Waals surface area contributed by atoms with Gasteiger partial charge in [-0.2, -0.15) is 0 Å². The third kappa shape index (κ3) is 1.32. The molecule has 0 unspecified atom stereocenters. The van der Waals surface area contributed by atoms with Crippen LogP contribution >= 0.6 is 11.6 Å². The van der Waals surface area contributed by atoms with E-state index in [-0.39, 0.29) is 0 Å². The summed E-state index contributed by atoms with van der Waals surface area (Å²) in [6, 6.07) is 7.25. The highest BCUT2D eigenvalue weighted by molar-refractivity contribution is 6.34. The number of aromatic nitrogens is 1. The van der Waals surface area contributed by atoms with E-state index in [9.17, 15) is 0 Å². The number of hydrogen-bond donors (Lipinski definition) is 0. The highest BCUT2D eigenvalue weighted by atomic mass is 35.5. The SMILES string of the molecule is Clc1cc2ncoc2cc1-c1ccco1. The summed E-state index contributed by atoms with van der Waals surface area (Å²) in [6.07, 6.45) is 3.00. The van der Waals surface area contributed by atoms with Crippen molar-refractivity contribution in [3.05, 3.63) is 41.9 Å². The Morgan fingerprint density at radius 2 is 2.13 bits per heavy atom. The molecule has 15 heavy (non-hydrogen) atoms. The van der Waals surface area contributed by atoms with Crippen molar-refractivity contribution in [3.8, 4) is 11.3 Å². The number of furan rings is 1. The molecule has 0 bridgehead atoms. The summed E-state index contributed by atoms with van der Waals surface area (Å²) in [6.45, 7) is 0. The molecule has 3 aromatic rings. The zero-order valence-electron chi connectivity index (χ0n) is 7.61. The lowest BCUT2D eigenvalue weighted by Gasteiger charge is -1.99. The molecule has 0 aliphatic carbocycles. The average Bonchev–Trinajstić information content (AvgIpc) is 2.85. The summed E-state index contributed by atoms with van der Waals surface area (Å²) in [5.41, 5.74) is 2.26. The smallest absolute Gasteiger partial charge is 0.181 e. The van der Waals surface area contributed by atoms with Gasteiger partial charge >= 0.3 is 0 Å². The molecule has 3 rings (SSSR count). The molecule has 0 saturated carbocycles. The lowest BCUT2D eigenvalue weighted by atomic mass is 10.1. The number of oxazole rings is 1. The lowest BCUT2D eigenvalue weighted by Crippen LogP contribution is -1.77. The second-order valence-electron chi connectivity index (χ2n) is 3.13. The Kier molecular flexibility index (Phi) is 1.79. The van der Waals surface area contributed by atoms with Gasteiger partial charge in [0.25, 0.3) is 0 Å². The molecule has 0 aliphatic heterocycles. The highest BCUT2D eigenvalue weighted by Gasteiger charge is 2.09. The van der Waals surface area contributed by atoms with Gasteiger partial charge in [-0.1, -0.05) is 11.6 Å². The van der Waals surface area contributed by atoms with E-state index in [0.717, 1.165) is 16.8 Å². The van der Waals surface area contributed by atoms with E-state index in [1.807, 2.05) is 18.2 Å². The van der Waals surface area contributed by atoms with Crippen LogP contribution in [0.3, 0.4) is 0 Å². The van der Waals surface area contributed by atoms with E-state index in [2.05, 4.69) is 4.98 Å². The van der Waals surface area contributed by atoms with Crippen LogP contribution in [0.1, 0.15) is 0 Å². The number of hydrogen-bond acceptors (Lipinski definition) is 3. The van der Waals surface area contributed by atoms with Crippen LogP contribution in [0.25, 0.3) is 22.4 Å². The molecule has 0 saturated heterocycles. The Morgan fingerprint density at radius 1 is 1.20 bits per heavy atom. The van der Waals surface area contributed by atoms with Gasteiger partial charge in [0.05, 0.1) is 11.3 Å². The first-order chi connectivity index (χ1) is 7.34. The van der Waals surface area contributed by atoms with Crippen LogP contribution in [0.15, 0.2) is 45.8 Å². The molecule has 0 fully saturated rings. The van der Waals surface area contributed by atoms with Crippen LogP contribution < -0.4 is 0 Å². The van der Waals surface area contributed by atoms with Crippen LogP contribution in [0, 0.1) is 0 Å². The van der Waals surface area contributed by atoms with Crippen molar-refractivity contribution < 1.29 is 8.83 Å². The average molecular weight is 220 g/mol. The van der Waals surface area contributed by atoms with Gasteiger partial charge < -0.3 is 8.83 Å². The standard InChI is InChI=1S/C11H6ClNO2/c12-8-5-9-11(15-6-13-9)4-7(8)10-2-1-3-14-10/h1-6H. The van der Waals surface area contributed by atoms with Gasteiger partial charge in [-0.25, -0.2) is 4.98 Å². The van der Waals surface area contributed by atoms with Crippen molar-refractivity contribution in [2.45, 2.75) is 0 Å². The molecule has 2 aromatic heterocycles. The fraction of sp³-hybridized carbons (Fsp3) is 0. The number of halogens is 1. The van der Waals surface area contributed by atoms with E-state index < -0.39 is 0 Å². The van der Waals surface area contributed by atoms with Gasteiger partial charge in [0.2, 0.25) is 0 Å². The topological polar surface area (TPSA) is 39.2 Å². The minimum Gasteiger partial charge on any atom is -0.464 e. The van der Waals surface area contributed by atoms with E-state index in [1.165, 1.54) is 6.39 Å². The monoisotopic (exact) mass is 219 g/mol. The first kappa shape index (κ1) is 8.56. The third-order valence-electron chi connectivity index (χ3n) is 2.21. The number of benzene rings is 1. The van der Waals surface area contributed by atoms with Crippen molar-refractivity contribution in [1.82, 2.24) is 4.98 Å². The predicted octanol–water partition coefficient (Wildman–Crippen LogP) is 3.74. The number of nitrogens with zero attached hydrogens (tertiary/aromatic N) is 1. The first-order valence-corrected chi connectivity index (χ1v) is 4.79. The Labute approximate surface area is 90.3 Å². The number of fused-ring (bicyclic) bond motifs is 1. The quantitative estimate of drug-likeness (QED) is 0.626. The van der Waals surface area contributed by atoms with Crippen LogP contribution in [-0.4, -0.2) is 4.98 Å². The van der Waals surface area contributed by atoms with E-state index in [1.54, 1.807) is 12.3 Å². The summed E-state index contributed by atoms with van der Waals surface area (Å²) in [5, 5.41) is 0.603. The normalized spacial score (nSPS) is 11.0. The first-order valence-electron chi connectivity index (χ1n) is 4.41. The molecule has 4 heteroatoms. The molecule has 3 nitrogen and oxygen atoms in total. The highest BCUT2D eigenvalue weighted by Crippen LogP contribution is 2.31. The zero-order chi connectivity index (χ0) is 10.3. The molecule has 74 valence electrons. The van der Waals surface area contributed by atoms with E-state index in [4.69, 9.17) is 20.4 Å². The van der Waals surface area contributed by atoms with Gasteiger partial charge in [0, 0.05) is 5.56 Å². The summed E-state index contributed by atoms with van der Waals surface area (Å²) in [7, 11) is 0. The van der Waals surface area contributed by atoms with Gasteiger partial charge in [-0.3, -0.25) is 0 Å². The lowest BCUT2D eigenvalue weighted by molar-refractivity contribution is 0.581. The van der Waals surface area contributed by atoms with Crippen LogP contribution in [0.2, 0.25) is 5.02 Å². The van der Waals surface area contributed by atoms with E-state index in [0.29, 0.717) is 10.6 Å². The molecule has 0 spiro atoms. The largest absolute Gasteiger partial charge is 0.464 e. The molecular weight excluding hydrogens is 214 g/mol. The van der Waals surface area contributed by atoms with Gasteiger partial charge in [0.15, 0.2) is 12.0 Å². The second-order valence-corrected chi connectivity index (χ2v) is 3.54. The fourth-order valence-electron chi connectivity index (χ4n) is 1.50. The number of rotatable bonds is 1. The second kappa shape index (κ2) is 3.14.